The summed E-state index contributed by atoms with van der Waals surface area (Å²) in [6.07, 6.45) is 9.98. The van der Waals surface area contributed by atoms with Gasteiger partial charge in [-0.1, -0.05) is 12.1 Å². The molecule has 0 radical (unpaired) electrons. The third kappa shape index (κ3) is 7.00. The minimum atomic E-state index is -0.162. The fraction of sp³-hybridized carbons (Fsp3) is 0.276. The van der Waals surface area contributed by atoms with E-state index in [0.29, 0.717) is 44.0 Å². The van der Waals surface area contributed by atoms with Crippen molar-refractivity contribution in [2.75, 3.05) is 44.4 Å². The molecule has 4 N–H and O–H groups in total. The number of pyridine rings is 1. The van der Waals surface area contributed by atoms with Crippen molar-refractivity contribution in [2.24, 2.45) is 0 Å². The molecule has 1 saturated heterocycles. The van der Waals surface area contributed by atoms with E-state index < -0.39 is 0 Å². The highest BCUT2D eigenvalue weighted by atomic mass is 16.2. The monoisotopic (exact) mass is 539 g/mol. The van der Waals surface area contributed by atoms with Gasteiger partial charge in [0, 0.05) is 72.5 Å². The first-order valence-corrected chi connectivity index (χ1v) is 13.2. The van der Waals surface area contributed by atoms with Gasteiger partial charge in [-0.05, 0) is 57.3 Å². The number of carbonyl (C=O) groups is 2. The summed E-state index contributed by atoms with van der Waals surface area (Å²) in [4.78, 5) is 45.1. The van der Waals surface area contributed by atoms with Crippen LogP contribution in [0.3, 0.4) is 0 Å². The van der Waals surface area contributed by atoms with Gasteiger partial charge in [0.1, 0.15) is 17.8 Å². The average Bonchev–Trinajstić information content (AvgIpc) is 3.42. The third-order valence-electron chi connectivity index (χ3n) is 6.62. The van der Waals surface area contributed by atoms with Gasteiger partial charge in [0.05, 0.1) is 5.69 Å². The van der Waals surface area contributed by atoms with Gasteiger partial charge in [-0.25, -0.2) is 19.7 Å². The Hall–Kier alpha value is -4.77. The van der Waals surface area contributed by atoms with Crippen molar-refractivity contribution in [3.63, 3.8) is 0 Å². The van der Waals surface area contributed by atoms with Gasteiger partial charge < -0.3 is 30.7 Å². The maximum atomic E-state index is 12.9. The van der Waals surface area contributed by atoms with Gasteiger partial charge in [-0.2, -0.15) is 0 Å². The van der Waals surface area contributed by atoms with E-state index in [9.17, 15) is 9.59 Å². The molecular weight excluding hydrogens is 506 g/mol. The van der Waals surface area contributed by atoms with Crippen LogP contribution in [0.15, 0.2) is 73.3 Å². The number of hydrogen-bond donors (Lipinski definition) is 4. The van der Waals surface area contributed by atoms with E-state index in [1.54, 1.807) is 17.2 Å². The zero-order valence-electron chi connectivity index (χ0n) is 22.6. The number of likely N-dealkylation sites (N-methyl/N-ethyl adjacent to an activating group) is 1. The Kier molecular flexibility index (Phi) is 8.31. The van der Waals surface area contributed by atoms with Crippen LogP contribution in [0.25, 0.3) is 22.3 Å². The fourth-order valence-electron chi connectivity index (χ4n) is 4.54. The Balaban J connectivity index is 1.14. The van der Waals surface area contributed by atoms with E-state index in [2.05, 4.69) is 35.9 Å². The molecule has 0 unspecified atom stereocenters. The molecule has 206 valence electrons. The second-order valence-electron chi connectivity index (χ2n) is 10.00. The first-order chi connectivity index (χ1) is 19.4. The minimum absolute atomic E-state index is 0.0616. The second-order valence-corrected chi connectivity index (χ2v) is 10.00. The highest BCUT2D eigenvalue weighted by Crippen LogP contribution is 2.24. The largest absolute Gasteiger partial charge is 0.350 e. The molecule has 0 spiro atoms. The highest BCUT2D eigenvalue weighted by molar-refractivity contribution is 5.90. The van der Waals surface area contributed by atoms with Crippen molar-refractivity contribution in [3.8, 4) is 11.3 Å². The molecule has 3 amide bonds. The van der Waals surface area contributed by atoms with Gasteiger partial charge in [0.2, 0.25) is 5.91 Å². The smallest absolute Gasteiger partial charge is 0.321 e. The van der Waals surface area contributed by atoms with Gasteiger partial charge in [-0.3, -0.25) is 4.79 Å². The van der Waals surface area contributed by atoms with Crippen molar-refractivity contribution in [2.45, 2.75) is 18.9 Å². The summed E-state index contributed by atoms with van der Waals surface area (Å²) < 4.78 is 0. The van der Waals surface area contributed by atoms with Crippen molar-refractivity contribution in [1.82, 2.24) is 35.1 Å². The molecule has 11 nitrogen and oxygen atoms in total. The maximum absolute atomic E-state index is 12.9. The summed E-state index contributed by atoms with van der Waals surface area (Å²) in [5.41, 5.74) is 3.93. The Labute approximate surface area is 232 Å². The number of aromatic amines is 1. The Morgan fingerprint density at radius 3 is 2.73 bits per heavy atom. The number of nitrogens with zero attached hydrogens (tertiary/aromatic N) is 5. The molecule has 4 aromatic rings. The zero-order chi connectivity index (χ0) is 27.9. The summed E-state index contributed by atoms with van der Waals surface area (Å²) in [6, 6.07) is 13.2. The van der Waals surface area contributed by atoms with E-state index in [4.69, 9.17) is 0 Å². The summed E-state index contributed by atoms with van der Waals surface area (Å²) in [7, 11) is 3.90. The van der Waals surface area contributed by atoms with E-state index in [-0.39, 0.29) is 18.0 Å². The molecule has 1 aliphatic heterocycles. The number of fused-ring (bicyclic) bond motifs is 1. The van der Waals surface area contributed by atoms with Crippen LogP contribution in [-0.2, 0) is 4.79 Å². The number of hydrogen-bond acceptors (Lipinski definition) is 7. The lowest BCUT2D eigenvalue weighted by Gasteiger charge is -2.32. The quantitative estimate of drug-likeness (QED) is 0.249. The fourth-order valence-corrected chi connectivity index (χ4v) is 4.54. The number of aromatic nitrogens is 4. The Morgan fingerprint density at radius 1 is 1.07 bits per heavy atom. The van der Waals surface area contributed by atoms with Gasteiger partial charge in [0.15, 0.2) is 0 Å². The predicted molar refractivity (Wildman–Crippen MR) is 156 cm³/mol. The van der Waals surface area contributed by atoms with Crippen molar-refractivity contribution >= 4 is 40.2 Å². The number of nitrogens with one attached hydrogen (secondary N) is 4. The van der Waals surface area contributed by atoms with Crippen LogP contribution >= 0.6 is 0 Å². The predicted octanol–water partition coefficient (Wildman–Crippen LogP) is 3.99. The standard InChI is InChI=1S/C29H33N9O2/c1-37(2)12-4-7-27(39)35-22-9-13-38(14-10-22)29(40)36-24-6-3-5-23(16-24)34-26-17-25(32-19-33-26)21-15-20-8-11-30-28(20)31-18-21/h3-8,11,15-19,22H,9-10,12-14H2,1-2H3,(H,30,31)(H,35,39)(H,36,40)(H,32,33,34)/b7-4+. The number of piperidine rings is 1. The van der Waals surface area contributed by atoms with E-state index in [1.807, 2.05) is 73.7 Å². The molecule has 1 fully saturated rings. The van der Waals surface area contributed by atoms with Gasteiger partial charge in [0.25, 0.3) is 0 Å². The van der Waals surface area contributed by atoms with Crippen molar-refractivity contribution < 1.29 is 9.59 Å². The summed E-state index contributed by atoms with van der Waals surface area (Å²) in [6.45, 7) is 1.86. The summed E-state index contributed by atoms with van der Waals surface area (Å²) in [5.74, 6) is 0.534. The molecule has 0 saturated carbocycles. The molecule has 1 aliphatic rings. The average molecular weight is 540 g/mol. The molecule has 5 rings (SSSR count). The number of benzene rings is 1. The van der Waals surface area contributed by atoms with Crippen molar-refractivity contribution in [3.05, 3.63) is 73.3 Å². The van der Waals surface area contributed by atoms with Crippen LogP contribution in [0.5, 0.6) is 0 Å². The molecule has 4 heterocycles. The van der Waals surface area contributed by atoms with Crippen molar-refractivity contribution in [1.29, 1.82) is 0 Å². The number of carbonyl (C=O) groups excluding carboxylic acids is 2. The van der Waals surface area contributed by atoms with Crippen LogP contribution < -0.4 is 16.0 Å². The molecule has 1 aromatic carbocycles. The summed E-state index contributed by atoms with van der Waals surface area (Å²) in [5, 5.41) is 10.3. The molecule has 0 aliphatic carbocycles. The normalized spacial score (nSPS) is 14.1. The van der Waals surface area contributed by atoms with E-state index >= 15 is 0 Å². The molecule has 0 atom stereocenters. The zero-order valence-corrected chi connectivity index (χ0v) is 22.6. The maximum Gasteiger partial charge on any atom is 0.321 e. The van der Waals surface area contributed by atoms with Gasteiger partial charge >= 0.3 is 6.03 Å². The SMILES string of the molecule is CN(C)C/C=C/C(=O)NC1CCN(C(=O)Nc2cccc(Nc3cc(-c4cnc5[nH]ccc5c4)ncn3)c2)CC1. The number of rotatable bonds is 8. The summed E-state index contributed by atoms with van der Waals surface area (Å²) >= 11 is 0. The lowest BCUT2D eigenvalue weighted by molar-refractivity contribution is -0.117. The minimum Gasteiger partial charge on any atom is -0.350 e. The number of anilines is 3. The molecule has 3 aromatic heterocycles. The molecule has 0 bridgehead atoms. The molecular formula is C29H33N9O2. The van der Waals surface area contributed by atoms with Crippen LogP contribution in [0.4, 0.5) is 22.0 Å². The number of urea groups is 1. The van der Waals surface area contributed by atoms with Crippen LogP contribution in [-0.4, -0.2) is 81.4 Å². The number of H-pyrrole nitrogens is 1. The van der Waals surface area contributed by atoms with E-state index in [0.717, 1.165) is 28.0 Å². The van der Waals surface area contributed by atoms with Gasteiger partial charge in [-0.15, -0.1) is 0 Å². The Bertz CT molecular complexity index is 1510. The van der Waals surface area contributed by atoms with Crippen LogP contribution in [0.2, 0.25) is 0 Å². The first kappa shape index (κ1) is 26.8. The van der Waals surface area contributed by atoms with E-state index in [1.165, 1.54) is 6.33 Å². The second kappa shape index (κ2) is 12.4. The topological polar surface area (TPSA) is 131 Å². The lowest BCUT2D eigenvalue weighted by Crippen LogP contribution is -2.47. The lowest BCUT2D eigenvalue weighted by atomic mass is 10.1. The highest BCUT2D eigenvalue weighted by Gasteiger charge is 2.23. The first-order valence-electron chi connectivity index (χ1n) is 13.2. The van der Waals surface area contributed by atoms with Crippen LogP contribution in [0.1, 0.15) is 12.8 Å². The van der Waals surface area contributed by atoms with Crippen LogP contribution in [0, 0.1) is 0 Å². The molecule has 40 heavy (non-hydrogen) atoms. The Morgan fingerprint density at radius 2 is 1.90 bits per heavy atom. The number of likely N-dealkylation sites (tertiary alicyclic amines) is 1. The number of amides is 3. The molecule has 11 heteroatoms. The third-order valence-corrected chi connectivity index (χ3v) is 6.62.